The maximum Gasteiger partial charge on any atom is 0.225 e. The van der Waals surface area contributed by atoms with Crippen LogP contribution in [-0.2, 0) is 16.8 Å². The third-order valence-electron chi connectivity index (χ3n) is 8.83. The summed E-state index contributed by atoms with van der Waals surface area (Å²) in [7, 11) is 1.69. The molecule has 2 N–H and O–H groups in total. The molecule has 3 aliphatic rings. The van der Waals surface area contributed by atoms with Crippen molar-refractivity contribution in [3.8, 4) is 5.75 Å². The Hall–Kier alpha value is -2.42. The van der Waals surface area contributed by atoms with E-state index in [1.165, 1.54) is 30.2 Å². The number of aromatic nitrogens is 2. The van der Waals surface area contributed by atoms with Crippen molar-refractivity contribution >= 4 is 28.1 Å². The van der Waals surface area contributed by atoms with Gasteiger partial charge < -0.3 is 19.7 Å². The number of carbonyl (C=O) groups excluding carboxylic acids is 1. The standard InChI is InChI=1S/C28H36N4O3S/c1-35-20-7-8-21-22(15-20)30-26-23(17-33)32(16-24-29-11-14-36-24)18-28(25(21)26)9-12-31(13-10-28)27(34)19-5-3-2-4-6-19/h7-8,11,14-15,19,23,30,33H,2-6,9-10,12-13,16-18H2,1H3/t23-/m0/s1. The molecule has 2 aliphatic heterocycles. The van der Waals surface area contributed by atoms with Gasteiger partial charge in [-0.25, -0.2) is 4.98 Å². The van der Waals surface area contributed by atoms with Gasteiger partial charge in [-0.2, -0.15) is 0 Å². The SMILES string of the molecule is COc1ccc2c3c([nH]c2c1)[C@H](CO)N(Cc1nccs1)CC31CCN(C(=O)C2CCCCC2)CC1. The van der Waals surface area contributed by atoms with E-state index in [1.54, 1.807) is 18.4 Å². The Balaban J connectivity index is 1.36. The van der Waals surface area contributed by atoms with E-state index in [-0.39, 0.29) is 24.0 Å². The molecule has 1 saturated carbocycles. The summed E-state index contributed by atoms with van der Waals surface area (Å²) in [5.74, 6) is 1.41. The van der Waals surface area contributed by atoms with Gasteiger partial charge in [-0.15, -0.1) is 11.3 Å². The first-order chi connectivity index (χ1) is 17.6. The highest BCUT2D eigenvalue weighted by molar-refractivity contribution is 7.09. The Kier molecular flexibility index (Phi) is 6.52. The van der Waals surface area contributed by atoms with E-state index < -0.39 is 0 Å². The highest BCUT2D eigenvalue weighted by Gasteiger charge is 2.48. The molecule has 1 atom stereocenters. The number of fused-ring (bicyclic) bond motifs is 4. The van der Waals surface area contributed by atoms with E-state index in [2.05, 4.69) is 31.9 Å². The molecular weight excluding hydrogens is 472 g/mol. The number of methoxy groups -OCH3 is 1. The average molecular weight is 509 g/mol. The fourth-order valence-electron chi connectivity index (χ4n) is 6.95. The van der Waals surface area contributed by atoms with Gasteiger partial charge in [0.2, 0.25) is 5.91 Å². The first-order valence-electron chi connectivity index (χ1n) is 13.3. The predicted molar refractivity (Wildman–Crippen MR) is 141 cm³/mol. The van der Waals surface area contributed by atoms with E-state index in [0.29, 0.717) is 12.5 Å². The number of piperidine rings is 1. The minimum Gasteiger partial charge on any atom is -0.497 e. The summed E-state index contributed by atoms with van der Waals surface area (Å²) in [5.41, 5.74) is 3.41. The zero-order valence-corrected chi connectivity index (χ0v) is 21.9. The molecule has 1 aliphatic carbocycles. The number of carbonyl (C=O) groups is 1. The van der Waals surface area contributed by atoms with Crippen LogP contribution in [0.25, 0.3) is 10.9 Å². The van der Waals surface area contributed by atoms with Gasteiger partial charge in [0.15, 0.2) is 0 Å². The molecule has 1 spiro atoms. The minimum atomic E-state index is -0.116. The van der Waals surface area contributed by atoms with Crippen LogP contribution < -0.4 is 4.74 Å². The van der Waals surface area contributed by atoms with Gasteiger partial charge in [0.05, 0.1) is 26.3 Å². The van der Waals surface area contributed by atoms with Crippen LogP contribution in [0.1, 0.15) is 67.3 Å². The normalized spacial score (nSPS) is 22.7. The van der Waals surface area contributed by atoms with Crippen LogP contribution in [0.2, 0.25) is 0 Å². The smallest absolute Gasteiger partial charge is 0.225 e. The first kappa shape index (κ1) is 23.9. The second-order valence-electron chi connectivity index (χ2n) is 10.8. The van der Waals surface area contributed by atoms with Gasteiger partial charge in [-0.3, -0.25) is 9.69 Å². The average Bonchev–Trinajstić information content (AvgIpc) is 3.57. The topological polar surface area (TPSA) is 81.7 Å². The number of rotatable bonds is 5. The maximum atomic E-state index is 13.3. The quantitative estimate of drug-likeness (QED) is 0.526. The van der Waals surface area contributed by atoms with Crippen molar-refractivity contribution in [2.75, 3.05) is 33.4 Å². The van der Waals surface area contributed by atoms with Crippen LogP contribution in [0.5, 0.6) is 5.75 Å². The number of amides is 1. The fourth-order valence-corrected chi connectivity index (χ4v) is 7.60. The molecule has 1 aromatic carbocycles. The summed E-state index contributed by atoms with van der Waals surface area (Å²) in [4.78, 5) is 26.1. The van der Waals surface area contributed by atoms with E-state index in [1.807, 2.05) is 17.6 Å². The third-order valence-corrected chi connectivity index (χ3v) is 9.59. The Morgan fingerprint density at radius 3 is 2.75 bits per heavy atom. The van der Waals surface area contributed by atoms with Gasteiger partial charge >= 0.3 is 0 Å². The highest BCUT2D eigenvalue weighted by Crippen LogP contribution is 2.49. The van der Waals surface area contributed by atoms with Crippen LogP contribution in [0.3, 0.4) is 0 Å². The summed E-state index contributed by atoms with van der Waals surface area (Å²) >= 11 is 1.66. The molecule has 1 amide bonds. The number of thiazole rings is 1. The molecule has 36 heavy (non-hydrogen) atoms. The summed E-state index contributed by atoms with van der Waals surface area (Å²) in [6, 6.07) is 6.13. The number of ether oxygens (including phenoxy) is 1. The lowest BCUT2D eigenvalue weighted by atomic mass is 9.68. The largest absolute Gasteiger partial charge is 0.497 e. The molecule has 7 nitrogen and oxygen atoms in total. The van der Waals surface area contributed by atoms with Gasteiger partial charge in [-0.05, 0) is 43.4 Å². The number of nitrogens with zero attached hydrogens (tertiary/aromatic N) is 3. The molecule has 6 rings (SSSR count). The zero-order valence-electron chi connectivity index (χ0n) is 21.0. The van der Waals surface area contributed by atoms with Gasteiger partial charge in [0.25, 0.3) is 0 Å². The predicted octanol–water partition coefficient (Wildman–Crippen LogP) is 4.62. The fraction of sp³-hybridized carbons (Fsp3) is 0.571. The monoisotopic (exact) mass is 508 g/mol. The number of hydrogen-bond donors (Lipinski definition) is 2. The number of aliphatic hydroxyl groups excluding tert-OH is 1. The number of benzene rings is 1. The molecule has 0 radical (unpaired) electrons. The lowest BCUT2D eigenvalue weighted by Crippen LogP contribution is -2.55. The molecule has 192 valence electrons. The number of hydrogen-bond acceptors (Lipinski definition) is 6. The van der Waals surface area contributed by atoms with Crippen molar-refractivity contribution in [3.05, 3.63) is 46.0 Å². The number of aliphatic hydroxyl groups is 1. The number of nitrogens with one attached hydrogen (secondary N) is 1. The van der Waals surface area contributed by atoms with Crippen molar-refractivity contribution in [1.29, 1.82) is 0 Å². The number of likely N-dealkylation sites (tertiary alicyclic amines) is 1. The Morgan fingerprint density at radius 2 is 2.06 bits per heavy atom. The highest BCUT2D eigenvalue weighted by atomic mass is 32.1. The number of aromatic amines is 1. The zero-order chi connectivity index (χ0) is 24.7. The molecule has 4 heterocycles. The lowest BCUT2D eigenvalue weighted by Gasteiger charge is -2.50. The van der Waals surface area contributed by atoms with E-state index >= 15 is 0 Å². The van der Waals surface area contributed by atoms with Crippen molar-refractivity contribution in [1.82, 2.24) is 19.8 Å². The Labute approximate surface area is 216 Å². The number of H-pyrrole nitrogens is 1. The van der Waals surface area contributed by atoms with Crippen LogP contribution in [0, 0.1) is 5.92 Å². The first-order valence-corrected chi connectivity index (χ1v) is 14.2. The maximum absolute atomic E-state index is 13.3. The molecule has 0 bridgehead atoms. The van der Waals surface area contributed by atoms with E-state index in [4.69, 9.17) is 4.74 Å². The van der Waals surface area contributed by atoms with Crippen molar-refractivity contribution in [2.24, 2.45) is 5.92 Å². The minimum absolute atomic E-state index is 0.0463. The van der Waals surface area contributed by atoms with Crippen molar-refractivity contribution in [2.45, 2.75) is 62.9 Å². The summed E-state index contributed by atoms with van der Waals surface area (Å²) in [6.45, 7) is 3.21. The second-order valence-corrected chi connectivity index (χ2v) is 11.8. The Bertz CT molecular complexity index is 1210. The van der Waals surface area contributed by atoms with Crippen LogP contribution in [-0.4, -0.2) is 64.1 Å². The van der Waals surface area contributed by atoms with Gasteiger partial charge in [0.1, 0.15) is 10.8 Å². The Morgan fingerprint density at radius 1 is 1.25 bits per heavy atom. The van der Waals surface area contributed by atoms with Crippen LogP contribution in [0.4, 0.5) is 0 Å². The van der Waals surface area contributed by atoms with E-state index in [0.717, 1.165) is 67.3 Å². The van der Waals surface area contributed by atoms with E-state index in [9.17, 15) is 9.90 Å². The summed E-state index contributed by atoms with van der Waals surface area (Å²) < 4.78 is 5.50. The van der Waals surface area contributed by atoms with Crippen molar-refractivity contribution < 1.29 is 14.6 Å². The molecule has 0 unspecified atom stereocenters. The summed E-state index contributed by atoms with van der Waals surface area (Å²) in [6.07, 6.45) is 9.46. The molecule has 3 aromatic rings. The molecule has 8 heteroatoms. The molecule has 1 saturated heterocycles. The third kappa shape index (κ3) is 4.13. The molecule has 2 aromatic heterocycles. The molecular formula is C28H36N4O3S. The molecule has 2 fully saturated rings. The van der Waals surface area contributed by atoms with Crippen molar-refractivity contribution in [3.63, 3.8) is 0 Å². The van der Waals surface area contributed by atoms with Crippen LogP contribution in [0.15, 0.2) is 29.8 Å². The van der Waals surface area contributed by atoms with Gasteiger partial charge in [-0.1, -0.05) is 19.3 Å². The van der Waals surface area contributed by atoms with Gasteiger partial charge in [0, 0.05) is 65.2 Å². The summed E-state index contributed by atoms with van der Waals surface area (Å²) in [5, 5.41) is 14.8. The lowest BCUT2D eigenvalue weighted by molar-refractivity contribution is -0.138. The second kappa shape index (κ2) is 9.80. The van der Waals surface area contributed by atoms with Crippen LogP contribution >= 0.6 is 11.3 Å².